The summed E-state index contributed by atoms with van der Waals surface area (Å²) in [5.41, 5.74) is 2.63. The summed E-state index contributed by atoms with van der Waals surface area (Å²) in [6, 6.07) is 10.3. The molecule has 0 bridgehead atoms. The van der Waals surface area contributed by atoms with Crippen molar-refractivity contribution in [1.82, 2.24) is 25.6 Å². The second kappa shape index (κ2) is 7.45. The van der Waals surface area contributed by atoms with Crippen molar-refractivity contribution in [3.8, 4) is 0 Å². The van der Waals surface area contributed by atoms with E-state index in [4.69, 9.17) is 27.9 Å². The van der Waals surface area contributed by atoms with Crippen LogP contribution in [0.2, 0.25) is 10.0 Å². The molecule has 30 heavy (non-hydrogen) atoms. The molecule has 10 heteroatoms. The molecule has 2 amide bonds. The molecule has 3 aromatic rings. The molecule has 2 heterocycles. The zero-order chi connectivity index (χ0) is 20.8. The van der Waals surface area contributed by atoms with Crippen LogP contribution < -0.4 is 5.32 Å². The number of hydrogen-bond acceptors (Lipinski definition) is 5. The lowest BCUT2D eigenvalue weighted by Crippen LogP contribution is -2.37. The van der Waals surface area contributed by atoms with Gasteiger partial charge in [-0.2, -0.15) is 15.4 Å². The van der Waals surface area contributed by atoms with E-state index < -0.39 is 0 Å². The van der Waals surface area contributed by atoms with E-state index >= 15 is 0 Å². The van der Waals surface area contributed by atoms with Gasteiger partial charge >= 0.3 is 6.09 Å². The summed E-state index contributed by atoms with van der Waals surface area (Å²) in [5, 5.41) is 14.6. The quantitative estimate of drug-likeness (QED) is 0.641. The van der Waals surface area contributed by atoms with Crippen LogP contribution in [0, 0.1) is 11.8 Å². The van der Waals surface area contributed by atoms with E-state index in [-0.39, 0.29) is 36.5 Å². The number of carbonyl (C=O) groups excluding carboxylic acids is 2. The van der Waals surface area contributed by atoms with Gasteiger partial charge in [0.15, 0.2) is 0 Å². The number of amides is 2. The maximum absolute atomic E-state index is 12.5. The van der Waals surface area contributed by atoms with Crippen molar-refractivity contribution in [3.05, 3.63) is 57.6 Å². The van der Waals surface area contributed by atoms with Crippen LogP contribution >= 0.6 is 23.2 Å². The van der Waals surface area contributed by atoms with Crippen LogP contribution in [-0.4, -0.2) is 51.4 Å². The first-order valence-electron chi connectivity index (χ1n) is 9.46. The third-order valence-corrected chi connectivity index (χ3v) is 6.05. The zero-order valence-electron chi connectivity index (χ0n) is 15.6. The average Bonchev–Trinajstić information content (AvgIpc) is 3.09. The van der Waals surface area contributed by atoms with Crippen LogP contribution in [0.5, 0.6) is 0 Å². The number of carbonyl (C=O) groups is 2. The molecule has 5 rings (SSSR count). The van der Waals surface area contributed by atoms with Crippen molar-refractivity contribution < 1.29 is 14.3 Å². The maximum Gasteiger partial charge on any atom is 0.410 e. The molecule has 2 fully saturated rings. The minimum Gasteiger partial charge on any atom is -0.445 e. The van der Waals surface area contributed by atoms with Gasteiger partial charge in [0.2, 0.25) is 0 Å². The van der Waals surface area contributed by atoms with Gasteiger partial charge in [0.1, 0.15) is 17.6 Å². The van der Waals surface area contributed by atoms with Gasteiger partial charge in [-0.05, 0) is 42.0 Å². The van der Waals surface area contributed by atoms with Gasteiger partial charge in [-0.3, -0.25) is 4.79 Å². The number of H-pyrrole nitrogens is 1. The number of likely N-dealkylation sites (tertiary alicyclic amines) is 1. The number of aromatic nitrogens is 3. The van der Waals surface area contributed by atoms with Gasteiger partial charge in [-0.25, -0.2) is 4.79 Å². The van der Waals surface area contributed by atoms with E-state index in [2.05, 4.69) is 20.7 Å². The fourth-order valence-electron chi connectivity index (χ4n) is 4.04. The number of benzene rings is 2. The molecule has 1 aliphatic carbocycles. The van der Waals surface area contributed by atoms with Gasteiger partial charge < -0.3 is 15.0 Å². The fourth-order valence-corrected chi connectivity index (χ4v) is 4.61. The Hall–Kier alpha value is -2.84. The first-order chi connectivity index (χ1) is 14.5. The number of nitrogens with one attached hydrogen (secondary N) is 2. The lowest BCUT2D eigenvalue weighted by Gasteiger charge is -2.20. The van der Waals surface area contributed by atoms with Crippen molar-refractivity contribution in [3.63, 3.8) is 0 Å². The summed E-state index contributed by atoms with van der Waals surface area (Å²) in [5.74, 6) is 0.349. The summed E-state index contributed by atoms with van der Waals surface area (Å²) in [6.07, 6.45) is -0.375. The number of nitrogens with zero attached hydrogens (tertiary/aromatic N) is 3. The number of halogens is 2. The SMILES string of the molecule is O=C(NC1C2CN(C(=O)OCc3cc(Cl)cc(Cl)c3)CC21)c1ccc2n[nH]nc2c1. The fraction of sp³-hybridized carbons (Fsp3) is 0.300. The highest BCUT2D eigenvalue weighted by molar-refractivity contribution is 6.34. The minimum atomic E-state index is -0.375. The van der Waals surface area contributed by atoms with E-state index in [1.54, 1.807) is 41.3 Å². The summed E-state index contributed by atoms with van der Waals surface area (Å²) in [6.45, 7) is 1.23. The first kappa shape index (κ1) is 19.1. The molecule has 1 aliphatic heterocycles. The monoisotopic (exact) mass is 445 g/mol. The van der Waals surface area contributed by atoms with Gasteiger partial charge in [0.05, 0.1) is 0 Å². The molecule has 1 aromatic heterocycles. The molecular weight excluding hydrogens is 429 g/mol. The highest BCUT2D eigenvalue weighted by Crippen LogP contribution is 2.45. The van der Waals surface area contributed by atoms with Crippen LogP contribution in [0.1, 0.15) is 15.9 Å². The summed E-state index contributed by atoms with van der Waals surface area (Å²) in [7, 11) is 0. The molecule has 0 spiro atoms. The van der Waals surface area contributed by atoms with Crippen LogP contribution in [0.25, 0.3) is 11.0 Å². The van der Waals surface area contributed by atoms with E-state index in [0.717, 1.165) is 5.56 Å². The van der Waals surface area contributed by atoms with Crippen molar-refractivity contribution >= 4 is 46.2 Å². The second-order valence-corrected chi connectivity index (χ2v) is 8.46. The largest absolute Gasteiger partial charge is 0.445 e. The maximum atomic E-state index is 12.5. The van der Waals surface area contributed by atoms with Gasteiger partial charge in [0.25, 0.3) is 5.91 Å². The van der Waals surface area contributed by atoms with Crippen LogP contribution in [-0.2, 0) is 11.3 Å². The van der Waals surface area contributed by atoms with Crippen LogP contribution in [0.15, 0.2) is 36.4 Å². The number of rotatable bonds is 4. The first-order valence-corrected chi connectivity index (χ1v) is 10.2. The lowest BCUT2D eigenvalue weighted by atomic mass is 10.2. The van der Waals surface area contributed by atoms with E-state index in [1.165, 1.54) is 0 Å². The Morgan fingerprint density at radius 1 is 1.07 bits per heavy atom. The molecule has 8 nitrogen and oxygen atoms in total. The van der Waals surface area contributed by atoms with Gasteiger partial charge in [0, 0.05) is 46.6 Å². The third kappa shape index (κ3) is 3.68. The Balaban J connectivity index is 1.12. The summed E-state index contributed by atoms with van der Waals surface area (Å²) >= 11 is 11.9. The number of aromatic amines is 1. The molecule has 2 atom stereocenters. The smallest absolute Gasteiger partial charge is 0.410 e. The number of hydrogen-bond donors (Lipinski definition) is 2. The molecular formula is C20H17Cl2N5O3. The predicted octanol–water partition coefficient (Wildman–Crippen LogP) is 3.26. The Morgan fingerprint density at radius 2 is 1.77 bits per heavy atom. The van der Waals surface area contributed by atoms with Crippen molar-refractivity contribution in [2.24, 2.45) is 11.8 Å². The average molecular weight is 446 g/mol. The van der Waals surface area contributed by atoms with Gasteiger partial charge in [-0.1, -0.05) is 23.2 Å². The third-order valence-electron chi connectivity index (χ3n) is 5.61. The minimum absolute atomic E-state index is 0.0706. The summed E-state index contributed by atoms with van der Waals surface area (Å²) < 4.78 is 5.38. The molecule has 2 aliphatic rings. The highest BCUT2D eigenvalue weighted by atomic mass is 35.5. The topological polar surface area (TPSA) is 100 Å². The Labute approximate surface area is 181 Å². The number of piperidine rings is 1. The molecule has 1 saturated carbocycles. The highest BCUT2D eigenvalue weighted by Gasteiger charge is 2.57. The zero-order valence-corrected chi connectivity index (χ0v) is 17.2. The second-order valence-electron chi connectivity index (χ2n) is 7.59. The van der Waals surface area contributed by atoms with E-state index in [1.807, 2.05) is 0 Å². The normalized spacial score (nSPS) is 22.1. The molecule has 154 valence electrons. The van der Waals surface area contributed by atoms with Crippen molar-refractivity contribution in [1.29, 1.82) is 0 Å². The number of ether oxygens (including phenoxy) is 1. The molecule has 2 N–H and O–H groups in total. The summed E-state index contributed by atoms with van der Waals surface area (Å²) in [4.78, 5) is 26.5. The number of fused-ring (bicyclic) bond motifs is 2. The van der Waals surface area contributed by atoms with Crippen LogP contribution in [0.3, 0.4) is 0 Å². The predicted molar refractivity (Wildman–Crippen MR) is 110 cm³/mol. The van der Waals surface area contributed by atoms with Crippen molar-refractivity contribution in [2.75, 3.05) is 13.1 Å². The molecule has 2 aromatic carbocycles. The molecule has 1 saturated heterocycles. The van der Waals surface area contributed by atoms with E-state index in [9.17, 15) is 9.59 Å². The Bertz CT molecular complexity index is 1120. The standard InChI is InChI=1S/C20H17Cl2N5O3/c21-12-3-10(4-13(22)6-12)9-30-20(29)27-7-14-15(8-27)18(14)23-19(28)11-1-2-16-17(5-11)25-26-24-16/h1-6,14-15,18H,7-9H2,(H,23,28)(H,24,25,26). The molecule has 0 radical (unpaired) electrons. The Morgan fingerprint density at radius 3 is 2.50 bits per heavy atom. The molecule has 2 unspecified atom stereocenters. The Kier molecular flexibility index (Phi) is 4.75. The van der Waals surface area contributed by atoms with Crippen molar-refractivity contribution in [2.45, 2.75) is 12.6 Å². The lowest BCUT2D eigenvalue weighted by molar-refractivity contribution is 0.0926. The van der Waals surface area contributed by atoms with E-state index in [0.29, 0.717) is 39.7 Å². The van der Waals surface area contributed by atoms with Crippen LogP contribution in [0.4, 0.5) is 4.79 Å². The van der Waals surface area contributed by atoms with Gasteiger partial charge in [-0.15, -0.1) is 0 Å².